The van der Waals surface area contributed by atoms with E-state index in [-0.39, 0.29) is 11.8 Å². The molecule has 0 spiro atoms. The number of likely N-dealkylation sites (tertiary alicyclic amines) is 1. The van der Waals surface area contributed by atoms with Gasteiger partial charge in [-0.2, -0.15) is 4.98 Å². The Bertz CT molecular complexity index is 1320. The molecule has 35 heavy (non-hydrogen) atoms. The number of aryl methyl sites for hydroxylation is 1. The predicted molar refractivity (Wildman–Crippen MR) is 133 cm³/mol. The van der Waals surface area contributed by atoms with Crippen LogP contribution in [0.2, 0.25) is 0 Å². The van der Waals surface area contributed by atoms with E-state index in [0.29, 0.717) is 36.2 Å². The Hall–Kier alpha value is -4.33. The minimum absolute atomic E-state index is 0.0769. The van der Waals surface area contributed by atoms with Crippen molar-refractivity contribution < 1.29 is 9.53 Å². The largest absolute Gasteiger partial charge is 0.439 e. The first kappa shape index (κ1) is 22.5. The first-order chi connectivity index (χ1) is 17.0. The van der Waals surface area contributed by atoms with E-state index in [0.717, 1.165) is 35.7 Å². The van der Waals surface area contributed by atoms with Crippen LogP contribution in [0.5, 0.6) is 11.6 Å². The van der Waals surface area contributed by atoms with Crippen LogP contribution in [0.25, 0.3) is 11.3 Å². The lowest BCUT2D eigenvalue weighted by Crippen LogP contribution is -2.38. The van der Waals surface area contributed by atoms with E-state index in [1.807, 2.05) is 66.4 Å². The van der Waals surface area contributed by atoms with E-state index >= 15 is 0 Å². The van der Waals surface area contributed by atoms with Crippen LogP contribution in [0.4, 0.5) is 5.82 Å². The van der Waals surface area contributed by atoms with Crippen molar-refractivity contribution in [3.63, 3.8) is 0 Å². The molecule has 1 amide bonds. The van der Waals surface area contributed by atoms with Gasteiger partial charge >= 0.3 is 0 Å². The zero-order valence-corrected chi connectivity index (χ0v) is 19.5. The van der Waals surface area contributed by atoms with Gasteiger partial charge in [-0.05, 0) is 56.2 Å². The Kier molecular flexibility index (Phi) is 6.34. The maximum Gasteiger partial charge on any atom is 0.272 e. The Labute approximate surface area is 203 Å². The average molecular weight is 467 g/mol. The predicted octanol–water partition coefficient (Wildman–Crippen LogP) is 4.64. The third-order valence-corrected chi connectivity index (χ3v) is 6.01. The van der Waals surface area contributed by atoms with Crippen molar-refractivity contribution in [2.24, 2.45) is 0 Å². The van der Waals surface area contributed by atoms with Gasteiger partial charge in [0.25, 0.3) is 5.91 Å². The van der Waals surface area contributed by atoms with E-state index < -0.39 is 0 Å². The molecule has 0 saturated carbocycles. The van der Waals surface area contributed by atoms with Gasteiger partial charge in [-0.15, -0.1) is 0 Å². The molecule has 2 N–H and O–H groups in total. The number of hydrogen-bond donors (Lipinski definition) is 1. The first-order valence-electron chi connectivity index (χ1n) is 11.6. The first-order valence-corrected chi connectivity index (χ1v) is 11.6. The second-order valence-electron chi connectivity index (χ2n) is 8.57. The summed E-state index contributed by atoms with van der Waals surface area (Å²) in [6, 6.07) is 20.4. The molecule has 0 atom stereocenters. The topological polar surface area (TPSA) is 107 Å². The number of pyridine rings is 2. The summed E-state index contributed by atoms with van der Waals surface area (Å²) in [5.41, 5.74) is 8.46. The highest BCUT2D eigenvalue weighted by Gasteiger charge is 2.27. The molecule has 1 aromatic carbocycles. The SMILES string of the molecule is Cc1cc(Oc2ccccc2)nc(C2CCN(C(=O)c3cccc(-c4ccc(N)nc4)n3)CC2)n1. The maximum absolute atomic E-state index is 13.2. The highest BCUT2D eigenvalue weighted by molar-refractivity contribution is 5.93. The van der Waals surface area contributed by atoms with Crippen molar-refractivity contribution in [2.45, 2.75) is 25.7 Å². The third kappa shape index (κ3) is 5.27. The summed E-state index contributed by atoms with van der Waals surface area (Å²) in [6.45, 7) is 3.17. The highest BCUT2D eigenvalue weighted by atomic mass is 16.5. The molecule has 0 aliphatic carbocycles. The molecule has 4 aromatic rings. The smallest absolute Gasteiger partial charge is 0.272 e. The number of anilines is 1. The summed E-state index contributed by atoms with van der Waals surface area (Å²) >= 11 is 0. The van der Waals surface area contributed by atoms with Crippen molar-refractivity contribution in [3.05, 3.63) is 90.1 Å². The second-order valence-corrected chi connectivity index (χ2v) is 8.57. The van der Waals surface area contributed by atoms with Crippen molar-refractivity contribution in [2.75, 3.05) is 18.8 Å². The number of para-hydroxylation sites is 1. The number of hydrogen-bond acceptors (Lipinski definition) is 7. The summed E-state index contributed by atoms with van der Waals surface area (Å²) < 4.78 is 5.93. The fourth-order valence-electron chi connectivity index (χ4n) is 4.18. The van der Waals surface area contributed by atoms with Crippen LogP contribution >= 0.6 is 0 Å². The molecule has 1 aliphatic rings. The molecule has 1 saturated heterocycles. The Morgan fingerprint density at radius 3 is 2.51 bits per heavy atom. The lowest BCUT2D eigenvalue weighted by Gasteiger charge is -2.31. The fraction of sp³-hybridized carbons (Fsp3) is 0.222. The third-order valence-electron chi connectivity index (χ3n) is 6.01. The van der Waals surface area contributed by atoms with E-state index in [2.05, 4.69) is 19.9 Å². The average Bonchev–Trinajstić information content (AvgIpc) is 2.89. The number of ether oxygens (including phenoxy) is 1. The maximum atomic E-state index is 13.2. The van der Waals surface area contributed by atoms with Crippen molar-refractivity contribution in [1.29, 1.82) is 0 Å². The number of amides is 1. The normalized spacial score (nSPS) is 14.0. The quantitative estimate of drug-likeness (QED) is 0.457. The van der Waals surface area contributed by atoms with E-state index in [9.17, 15) is 4.79 Å². The summed E-state index contributed by atoms with van der Waals surface area (Å²) in [5, 5.41) is 0. The molecule has 0 radical (unpaired) electrons. The van der Waals surface area contributed by atoms with E-state index in [4.69, 9.17) is 10.5 Å². The van der Waals surface area contributed by atoms with Crippen LogP contribution in [0.3, 0.4) is 0 Å². The fourth-order valence-corrected chi connectivity index (χ4v) is 4.18. The number of nitrogen functional groups attached to an aromatic ring is 1. The molecule has 8 nitrogen and oxygen atoms in total. The molecule has 4 heterocycles. The van der Waals surface area contributed by atoms with Crippen LogP contribution < -0.4 is 10.5 Å². The van der Waals surface area contributed by atoms with Gasteiger partial charge in [0.15, 0.2) is 0 Å². The summed E-state index contributed by atoms with van der Waals surface area (Å²) in [7, 11) is 0. The van der Waals surface area contributed by atoms with Crippen LogP contribution in [0.1, 0.15) is 40.8 Å². The molecule has 0 unspecified atom stereocenters. The number of aromatic nitrogens is 4. The van der Waals surface area contributed by atoms with E-state index in [1.165, 1.54) is 0 Å². The lowest BCUT2D eigenvalue weighted by atomic mass is 9.95. The van der Waals surface area contributed by atoms with Crippen molar-refractivity contribution in [1.82, 2.24) is 24.8 Å². The van der Waals surface area contributed by atoms with Gasteiger partial charge in [-0.3, -0.25) is 4.79 Å². The number of nitrogens with zero attached hydrogens (tertiary/aromatic N) is 5. The van der Waals surface area contributed by atoms with E-state index in [1.54, 1.807) is 18.3 Å². The number of benzene rings is 1. The van der Waals surface area contributed by atoms with Crippen molar-refractivity contribution >= 4 is 11.7 Å². The number of rotatable bonds is 5. The zero-order chi connectivity index (χ0) is 24.2. The Balaban J connectivity index is 1.26. The molecule has 1 aliphatic heterocycles. The minimum atomic E-state index is -0.0769. The summed E-state index contributed by atoms with van der Waals surface area (Å²) in [4.78, 5) is 33.0. The zero-order valence-electron chi connectivity index (χ0n) is 19.5. The monoisotopic (exact) mass is 466 g/mol. The molecule has 3 aromatic heterocycles. The van der Waals surface area contributed by atoms with Gasteiger partial charge in [-0.25, -0.2) is 15.0 Å². The van der Waals surface area contributed by atoms with Gasteiger partial charge in [0.1, 0.15) is 23.1 Å². The molecule has 5 rings (SSSR count). The molecule has 0 bridgehead atoms. The number of carbonyl (C=O) groups is 1. The highest BCUT2D eigenvalue weighted by Crippen LogP contribution is 2.29. The van der Waals surface area contributed by atoms with Crippen LogP contribution in [-0.2, 0) is 0 Å². The second kappa shape index (κ2) is 9.89. The van der Waals surface area contributed by atoms with Crippen LogP contribution in [0, 0.1) is 6.92 Å². The molecular formula is C27H26N6O2. The Morgan fingerprint density at radius 2 is 1.77 bits per heavy atom. The lowest BCUT2D eigenvalue weighted by molar-refractivity contribution is 0.0705. The molecular weight excluding hydrogens is 440 g/mol. The van der Waals surface area contributed by atoms with Gasteiger partial charge in [0, 0.05) is 42.5 Å². The molecule has 1 fully saturated rings. The summed E-state index contributed by atoms with van der Waals surface area (Å²) in [5.74, 6) is 2.57. The van der Waals surface area contributed by atoms with Gasteiger partial charge in [-0.1, -0.05) is 24.3 Å². The summed E-state index contributed by atoms with van der Waals surface area (Å²) in [6.07, 6.45) is 3.22. The van der Waals surface area contributed by atoms with Crippen LogP contribution in [-0.4, -0.2) is 43.8 Å². The van der Waals surface area contributed by atoms with Gasteiger partial charge in [0.05, 0.1) is 5.69 Å². The minimum Gasteiger partial charge on any atom is -0.439 e. The van der Waals surface area contributed by atoms with Crippen molar-refractivity contribution in [3.8, 4) is 22.9 Å². The molecule has 176 valence electrons. The number of nitrogens with two attached hydrogens (primary N) is 1. The van der Waals surface area contributed by atoms with Gasteiger partial charge < -0.3 is 15.4 Å². The molecule has 8 heteroatoms. The number of carbonyl (C=O) groups excluding carboxylic acids is 1. The van der Waals surface area contributed by atoms with Crippen LogP contribution in [0.15, 0.2) is 72.9 Å². The Morgan fingerprint density at radius 1 is 0.971 bits per heavy atom. The standard InChI is InChI=1S/C27H26N6O2/c1-18-16-25(35-21-6-3-2-4-7-21)32-26(30-18)19-12-14-33(15-13-19)27(34)23-9-5-8-22(31-23)20-10-11-24(28)29-17-20/h2-11,16-17,19H,12-15H2,1H3,(H2,28,29). The number of piperidine rings is 1. The van der Waals surface area contributed by atoms with Gasteiger partial charge in [0.2, 0.25) is 5.88 Å².